The van der Waals surface area contributed by atoms with Crippen LogP contribution in [-0.4, -0.2) is 17.9 Å². The quantitative estimate of drug-likeness (QED) is 0.593. The summed E-state index contributed by atoms with van der Waals surface area (Å²) in [4.78, 5) is 24.8. The van der Waals surface area contributed by atoms with Gasteiger partial charge in [-0.05, 0) is 86.2 Å². The van der Waals surface area contributed by atoms with Gasteiger partial charge in [0, 0.05) is 18.3 Å². The van der Waals surface area contributed by atoms with Crippen LogP contribution in [0.25, 0.3) is 0 Å². The van der Waals surface area contributed by atoms with Crippen molar-refractivity contribution in [2.24, 2.45) is 34.5 Å². The number of ether oxygens (including phenoxy) is 1. The number of carbonyl (C=O) groups is 2. The summed E-state index contributed by atoms with van der Waals surface area (Å²) in [6.07, 6.45) is 9.79. The zero-order valence-electron chi connectivity index (χ0n) is 17.9. The first-order valence-electron chi connectivity index (χ1n) is 11.7. The SMILES string of the molecule is C[C@]12CCC(=O)C[C@@H]1CC[C@@H]1[C@@H]2CC[C@]2(C)[C@H](OC(=O)c3ccccc3)CC[C@@H]12. The first-order valence-corrected chi connectivity index (χ1v) is 11.7. The highest BCUT2D eigenvalue weighted by Crippen LogP contribution is 2.66. The second kappa shape index (κ2) is 6.96. The predicted octanol–water partition coefficient (Wildman–Crippen LogP) is 5.82. The Kier molecular flexibility index (Phi) is 4.64. The van der Waals surface area contributed by atoms with Crippen molar-refractivity contribution in [3.63, 3.8) is 0 Å². The maximum atomic E-state index is 12.7. The Morgan fingerprint density at radius 1 is 0.931 bits per heavy atom. The van der Waals surface area contributed by atoms with E-state index in [-0.39, 0.29) is 17.5 Å². The minimum atomic E-state index is -0.166. The molecule has 0 saturated heterocycles. The van der Waals surface area contributed by atoms with Crippen molar-refractivity contribution >= 4 is 11.8 Å². The lowest BCUT2D eigenvalue weighted by atomic mass is 9.45. The fraction of sp³-hybridized carbons (Fsp3) is 0.692. The first kappa shape index (κ1) is 19.3. The molecule has 0 unspecified atom stereocenters. The molecule has 1 aromatic carbocycles. The van der Waals surface area contributed by atoms with E-state index in [1.54, 1.807) is 0 Å². The van der Waals surface area contributed by atoms with Crippen molar-refractivity contribution in [2.45, 2.75) is 77.7 Å². The molecule has 4 aliphatic rings. The van der Waals surface area contributed by atoms with E-state index in [1.807, 2.05) is 30.3 Å². The average Bonchev–Trinajstić information content (AvgIpc) is 3.05. The maximum Gasteiger partial charge on any atom is 0.338 e. The Balaban J connectivity index is 1.34. The van der Waals surface area contributed by atoms with E-state index in [0.29, 0.717) is 28.6 Å². The lowest BCUT2D eigenvalue weighted by Gasteiger charge is -2.60. The lowest BCUT2D eigenvalue weighted by Crippen LogP contribution is -2.54. The Hall–Kier alpha value is -1.64. The molecule has 29 heavy (non-hydrogen) atoms. The number of ketones is 1. The molecule has 4 fully saturated rings. The largest absolute Gasteiger partial charge is 0.458 e. The summed E-state index contributed by atoms with van der Waals surface area (Å²) < 4.78 is 6.11. The molecule has 0 aromatic heterocycles. The van der Waals surface area contributed by atoms with Crippen LogP contribution >= 0.6 is 0 Å². The Labute approximate surface area is 174 Å². The maximum absolute atomic E-state index is 12.7. The van der Waals surface area contributed by atoms with Crippen molar-refractivity contribution in [2.75, 3.05) is 0 Å². The van der Waals surface area contributed by atoms with Crippen molar-refractivity contribution in [1.29, 1.82) is 0 Å². The Bertz CT molecular complexity index is 801. The van der Waals surface area contributed by atoms with E-state index in [4.69, 9.17) is 4.74 Å². The standard InChI is InChI=1S/C26H34O3/c1-25-14-12-19(27)16-18(25)8-9-20-21-10-11-23(26(21,2)15-13-22(20)25)29-24(28)17-6-4-3-5-7-17/h3-7,18,20-23H,8-16H2,1-2H3/t18-,20-,21-,22-,23+,25-,26-/m0/s1. The highest BCUT2D eigenvalue weighted by Gasteiger charge is 2.61. The van der Waals surface area contributed by atoms with Gasteiger partial charge in [-0.2, -0.15) is 0 Å². The highest BCUT2D eigenvalue weighted by molar-refractivity contribution is 5.89. The minimum Gasteiger partial charge on any atom is -0.458 e. The number of rotatable bonds is 2. The number of fused-ring (bicyclic) bond motifs is 5. The van der Waals surface area contributed by atoms with E-state index >= 15 is 0 Å². The molecule has 156 valence electrons. The summed E-state index contributed by atoms with van der Waals surface area (Å²) in [5.74, 6) is 3.06. The van der Waals surface area contributed by atoms with Crippen LogP contribution in [0.1, 0.15) is 82.0 Å². The van der Waals surface area contributed by atoms with Gasteiger partial charge in [0.1, 0.15) is 11.9 Å². The van der Waals surface area contributed by atoms with Crippen LogP contribution in [0.2, 0.25) is 0 Å². The third kappa shape index (κ3) is 2.99. The van der Waals surface area contributed by atoms with Gasteiger partial charge in [0.25, 0.3) is 0 Å². The second-order valence-electron chi connectivity index (χ2n) is 10.8. The minimum absolute atomic E-state index is 0.0413. The van der Waals surface area contributed by atoms with Gasteiger partial charge >= 0.3 is 5.97 Å². The van der Waals surface area contributed by atoms with Gasteiger partial charge in [-0.15, -0.1) is 0 Å². The fourth-order valence-corrected chi connectivity index (χ4v) is 7.96. The molecule has 0 aliphatic heterocycles. The lowest BCUT2D eigenvalue weighted by molar-refractivity contribution is -0.142. The van der Waals surface area contributed by atoms with E-state index in [2.05, 4.69) is 13.8 Å². The van der Waals surface area contributed by atoms with Gasteiger partial charge in [-0.1, -0.05) is 32.0 Å². The molecular weight excluding hydrogens is 360 g/mol. The predicted molar refractivity (Wildman–Crippen MR) is 112 cm³/mol. The van der Waals surface area contributed by atoms with Gasteiger partial charge in [0.2, 0.25) is 0 Å². The van der Waals surface area contributed by atoms with E-state index in [9.17, 15) is 9.59 Å². The molecule has 1 aromatic rings. The van der Waals surface area contributed by atoms with Crippen LogP contribution in [0, 0.1) is 34.5 Å². The van der Waals surface area contributed by atoms with Crippen LogP contribution in [0.3, 0.4) is 0 Å². The molecule has 0 N–H and O–H groups in total. The van der Waals surface area contributed by atoms with Crippen LogP contribution in [0.15, 0.2) is 30.3 Å². The zero-order valence-corrected chi connectivity index (χ0v) is 17.9. The summed E-state index contributed by atoms with van der Waals surface area (Å²) in [6.45, 7) is 4.88. The number of Topliss-reactive ketones (excluding diaryl/α,β-unsaturated/α-hetero) is 1. The monoisotopic (exact) mass is 394 g/mol. The summed E-state index contributed by atoms with van der Waals surface area (Å²) in [5.41, 5.74) is 1.11. The summed E-state index contributed by atoms with van der Waals surface area (Å²) in [7, 11) is 0. The molecule has 0 radical (unpaired) electrons. The molecule has 4 saturated carbocycles. The topological polar surface area (TPSA) is 43.4 Å². The number of esters is 1. The average molecular weight is 395 g/mol. The summed E-state index contributed by atoms with van der Waals surface area (Å²) in [5, 5.41) is 0. The fourth-order valence-electron chi connectivity index (χ4n) is 7.96. The molecule has 0 bridgehead atoms. The van der Waals surface area contributed by atoms with Crippen LogP contribution in [-0.2, 0) is 9.53 Å². The summed E-state index contributed by atoms with van der Waals surface area (Å²) in [6, 6.07) is 9.42. The second-order valence-corrected chi connectivity index (χ2v) is 10.8. The van der Waals surface area contributed by atoms with Gasteiger partial charge in [0.15, 0.2) is 0 Å². The molecule has 3 heteroatoms. The van der Waals surface area contributed by atoms with Crippen LogP contribution in [0.5, 0.6) is 0 Å². The Morgan fingerprint density at radius 3 is 2.48 bits per heavy atom. The van der Waals surface area contributed by atoms with Crippen molar-refractivity contribution < 1.29 is 14.3 Å². The number of hydrogen-bond acceptors (Lipinski definition) is 3. The molecule has 3 nitrogen and oxygen atoms in total. The molecule has 0 spiro atoms. The van der Waals surface area contributed by atoms with Gasteiger partial charge in [-0.3, -0.25) is 4.79 Å². The molecule has 7 atom stereocenters. The van der Waals surface area contributed by atoms with E-state index < -0.39 is 0 Å². The highest BCUT2D eigenvalue weighted by atomic mass is 16.5. The van der Waals surface area contributed by atoms with Crippen molar-refractivity contribution in [1.82, 2.24) is 0 Å². The van der Waals surface area contributed by atoms with Crippen molar-refractivity contribution in [3.8, 4) is 0 Å². The number of carbonyl (C=O) groups excluding carboxylic acids is 2. The zero-order chi connectivity index (χ0) is 20.2. The molecule has 4 aliphatic carbocycles. The number of benzene rings is 1. The number of hydrogen-bond donors (Lipinski definition) is 0. The summed E-state index contributed by atoms with van der Waals surface area (Å²) >= 11 is 0. The third-order valence-corrected chi connectivity index (χ3v) is 9.65. The van der Waals surface area contributed by atoms with Gasteiger partial charge in [0.05, 0.1) is 5.56 Å². The Morgan fingerprint density at radius 2 is 1.69 bits per heavy atom. The van der Waals surface area contributed by atoms with Gasteiger partial charge in [-0.25, -0.2) is 4.79 Å². The molecule has 0 heterocycles. The van der Waals surface area contributed by atoms with Crippen molar-refractivity contribution in [3.05, 3.63) is 35.9 Å². The van der Waals surface area contributed by atoms with E-state index in [0.717, 1.165) is 43.9 Å². The molecule has 5 rings (SSSR count). The van der Waals surface area contributed by atoms with Gasteiger partial charge < -0.3 is 4.74 Å². The normalized spacial score (nSPS) is 43.8. The smallest absolute Gasteiger partial charge is 0.338 e. The molecule has 0 amide bonds. The van der Waals surface area contributed by atoms with E-state index in [1.165, 1.54) is 25.7 Å². The third-order valence-electron chi connectivity index (χ3n) is 9.65. The van der Waals surface area contributed by atoms with Crippen LogP contribution in [0.4, 0.5) is 0 Å². The first-order chi connectivity index (χ1) is 13.9. The molecular formula is C26H34O3. The van der Waals surface area contributed by atoms with Crippen LogP contribution < -0.4 is 0 Å².